The highest BCUT2D eigenvalue weighted by Gasteiger charge is 2.29. The highest BCUT2D eigenvalue weighted by molar-refractivity contribution is 7.80. The van der Waals surface area contributed by atoms with Crippen LogP contribution in [0, 0.1) is 0 Å². The van der Waals surface area contributed by atoms with Crippen molar-refractivity contribution in [3.8, 4) is 28.3 Å². The van der Waals surface area contributed by atoms with Crippen LogP contribution >= 0.6 is 12.2 Å². The number of benzene rings is 2. The second-order valence-electron chi connectivity index (χ2n) is 7.55. The first-order chi connectivity index (χ1) is 14.7. The number of rotatable bonds is 4. The molecule has 0 saturated carbocycles. The van der Waals surface area contributed by atoms with Crippen LogP contribution in [-0.2, 0) is 13.0 Å². The number of ether oxygens (including phenoxy) is 1. The van der Waals surface area contributed by atoms with Crippen molar-refractivity contribution in [2.75, 3.05) is 14.2 Å². The molecule has 0 saturated heterocycles. The van der Waals surface area contributed by atoms with E-state index in [0.29, 0.717) is 4.99 Å². The lowest BCUT2D eigenvalue weighted by molar-refractivity contribution is 0.415. The molecule has 152 valence electrons. The van der Waals surface area contributed by atoms with Gasteiger partial charge in [0.1, 0.15) is 22.1 Å². The predicted octanol–water partition coefficient (Wildman–Crippen LogP) is 4.71. The minimum Gasteiger partial charge on any atom is -0.497 e. The number of aromatic nitrogens is 3. The van der Waals surface area contributed by atoms with Gasteiger partial charge in [0.05, 0.1) is 7.11 Å². The van der Waals surface area contributed by atoms with Crippen molar-refractivity contribution in [1.29, 1.82) is 0 Å². The zero-order chi connectivity index (χ0) is 20.7. The molecule has 0 spiro atoms. The summed E-state index contributed by atoms with van der Waals surface area (Å²) in [6.07, 6.45) is 3.27. The van der Waals surface area contributed by atoms with E-state index in [-0.39, 0.29) is 0 Å². The van der Waals surface area contributed by atoms with Crippen LogP contribution in [0.3, 0.4) is 0 Å². The minimum atomic E-state index is 0.693. The Kier molecular flexibility index (Phi) is 4.79. The summed E-state index contributed by atoms with van der Waals surface area (Å²) in [6, 6.07) is 18.6. The zero-order valence-electron chi connectivity index (χ0n) is 17.2. The molecule has 6 heteroatoms. The Bertz CT molecular complexity index is 1240. The van der Waals surface area contributed by atoms with E-state index in [2.05, 4.69) is 50.8 Å². The first-order valence-electron chi connectivity index (χ1n) is 10.3. The third-order valence-electron chi connectivity index (χ3n) is 5.82. The fourth-order valence-corrected chi connectivity index (χ4v) is 4.65. The molecule has 5 rings (SSSR count). The molecule has 2 aromatic carbocycles. The predicted molar refractivity (Wildman–Crippen MR) is 124 cm³/mol. The quantitative estimate of drug-likeness (QED) is 0.490. The average Bonchev–Trinajstić information content (AvgIpc) is 3.22. The molecular formula is C24H24N4OS. The maximum Gasteiger partial charge on any atom is 0.162 e. The van der Waals surface area contributed by atoms with E-state index in [1.165, 1.54) is 5.56 Å². The maximum atomic E-state index is 5.77. The van der Waals surface area contributed by atoms with Gasteiger partial charge >= 0.3 is 0 Å². The van der Waals surface area contributed by atoms with Gasteiger partial charge in [-0.3, -0.25) is 0 Å². The normalized spacial score (nSPS) is 13.3. The number of hydrogen-bond donors (Lipinski definition) is 1. The first kappa shape index (κ1) is 18.9. The molecular weight excluding hydrogens is 392 g/mol. The SMILES string of the molecule is CNC(=S)c1c(-c2cccc(OC)c2)c2c3n(c(-c4ccccc4)nn13)CCCC2. The summed E-state index contributed by atoms with van der Waals surface area (Å²) < 4.78 is 9.91. The van der Waals surface area contributed by atoms with Crippen molar-refractivity contribution in [3.05, 3.63) is 65.9 Å². The van der Waals surface area contributed by atoms with Gasteiger partial charge in [0, 0.05) is 30.3 Å². The smallest absolute Gasteiger partial charge is 0.162 e. The summed E-state index contributed by atoms with van der Waals surface area (Å²) in [5.74, 6) is 1.83. The summed E-state index contributed by atoms with van der Waals surface area (Å²) in [4.78, 5) is 0.693. The van der Waals surface area contributed by atoms with E-state index in [9.17, 15) is 0 Å². The third-order valence-corrected chi connectivity index (χ3v) is 6.22. The highest BCUT2D eigenvalue weighted by Crippen LogP contribution is 2.39. The molecule has 1 N–H and O–H groups in total. The van der Waals surface area contributed by atoms with Gasteiger partial charge in [-0.1, -0.05) is 54.7 Å². The van der Waals surface area contributed by atoms with Gasteiger partial charge < -0.3 is 14.6 Å². The molecule has 0 aliphatic carbocycles. The molecule has 2 aromatic heterocycles. The van der Waals surface area contributed by atoms with Crippen molar-refractivity contribution >= 4 is 22.9 Å². The Morgan fingerprint density at radius 1 is 1.07 bits per heavy atom. The molecule has 0 amide bonds. The van der Waals surface area contributed by atoms with E-state index in [1.54, 1.807) is 7.11 Å². The summed E-state index contributed by atoms with van der Waals surface area (Å²) in [5.41, 5.74) is 6.80. The molecule has 5 nitrogen and oxygen atoms in total. The lowest BCUT2D eigenvalue weighted by Gasteiger charge is -2.10. The lowest BCUT2D eigenvalue weighted by atomic mass is 9.98. The van der Waals surface area contributed by atoms with Crippen LogP contribution in [0.15, 0.2) is 54.6 Å². The molecule has 0 unspecified atom stereocenters. The largest absolute Gasteiger partial charge is 0.497 e. The molecule has 30 heavy (non-hydrogen) atoms. The Balaban J connectivity index is 1.86. The van der Waals surface area contributed by atoms with Crippen molar-refractivity contribution in [2.24, 2.45) is 0 Å². The number of methoxy groups -OCH3 is 1. The van der Waals surface area contributed by atoms with Gasteiger partial charge in [-0.15, -0.1) is 5.10 Å². The van der Waals surface area contributed by atoms with Gasteiger partial charge in [0.15, 0.2) is 5.82 Å². The zero-order valence-corrected chi connectivity index (χ0v) is 18.0. The van der Waals surface area contributed by atoms with E-state index in [1.807, 2.05) is 25.2 Å². The van der Waals surface area contributed by atoms with Crippen LogP contribution in [0.2, 0.25) is 0 Å². The van der Waals surface area contributed by atoms with Crippen molar-refractivity contribution in [2.45, 2.75) is 25.8 Å². The standard InChI is InChI=1S/C24H24N4OS/c1-25-23(30)21-20(17-11-8-12-18(15-17)29-2)19-13-6-7-14-27-22(26-28(21)24(19)27)16-9-4-3-5-10-16/h3-5,8-12,15H,6-7,13-14H2,1-2H3,(H,25,30). The molecule has 1 aliphatic heterocycles. The van der Waals surface area contributed by atoms with Gasteiger partial charge in [0.2, 0.25) is 0 Å². The number of nitrogens with zero attached hydrogens (tertiary/aromatic N) is 3. The third kappa shape index (κ3) is 2.91. The van der Waals surface area contributed by atoms with Crippen LogP contribution < -0.4 is 10.1 Å². The minimum absolute atomic E-state index is 0.693. The Morgan fingerprint density at radius 2 is 1.87 bits per heavy atom. The summed E-state index contributed by atoms with van der Waals surface area (Å²) in [7, 11) is 3.57. The average molecular weight is 417 g/mol. The van der Waals surface area contributed by atoms with Gasteiger partial charge in [-0.25, -0.2) is 4.52 Å². The van der Waals surface area contributed by atoms with Crippen LogP contribution in [0.1, 0.15) is 24.1 Å². The Morgan fingerprint density at radius 3 is 2.63 bits per heavy atom. The van der Waals surface area contributed by atoms with Crippen molar-refractivity contribution in [1.82, 2.24) is 19.5 Å². The number of hydrogen-bond acceptors (Lipinski definition) is 3. The molecule has 1 aliphatic rings. The second kappa shape index (κ2) is 7.61. The van der Waals surface area contributed by atoms with Gasteiger partial charge in [-0.05, 0) is 37.0 Å². The summed E-state index contributed by atoms with van der Waals surface area (Å²) in [6.45, 7) is 0.952. The molecule has 0 bridgehead atoms. The van der Waals surface area contributed by atoms with E-state index >= 15 is 0 Å². The van der Waals surface area contributed by atoms with Gasteiger partial charge in [-0.2, -0.15) is 0 Å². The molecule has 3 heterocycles. The molecule has 4 aromatic rings. The molecule has 0 radical (unpaired) electrons. The van der Waals surface area contributed by atoms with E-state index in [4.69, 9.17) is 22.1 Å². The fraction of sp³-hybridized carbons (Fsp3) is 0.250. The van der Waals surface area contributed by atoms with Crippen molar-refractivity contribution < 1.29 is 4.74 Å². The second-order valence-corrected chi connectivity index (χ2v) is 7.96. The van der Waals surface area contributed by atoms with Crippen LogP contribution in [-0.4, -0.2) is 33.3 Å². The molecule has 0 atom stereocenters. The maximum absolute atomic E-state index is 5.77. The Hall–Kier alpha value is -3.12. The number of aryl methyl sites for hydroxylation is 2. The lowest BCUT2D eigenvalue weighted by Crippen LogP contribution is -2.19. The van der Waals surface area contributed by atoms with E-state index in [0.717, 1.165) is 65.4 Å². The van der Waals surface area contributed by atoms with E-state index < -0.39 is 0 Å². The summed E-state index contributed by atoms with van der Waals surface area (Å²) in [5, 5.41) is 8.26. The van der Waals surface area contributed by atoms with Crippen LogP contribution in [0.5, 0.6) is 5.75 Å². The molecule has 0 fully saturated rings. The monoisotopic (exact) mass is 416 g/mol. The Labute approximate surface area is 181 Å². The van der Waals surface area contributed by atoms with Crippen LogP contribution in [0.25, 0.3) is 28.2 Å². The number of thiocarbonyl (C=S) groups is 1. The summed E-state index contributed by atoms with van der Waals surface area (Å²) >= 11 is 5.77. The fourth-order valence-electron chi connectivity index (χ4n) is 4.46. The van der Waals surface area contributed by atoms with Gasteiger partial charge in [0.25, 0.3) is 0 Å². The van der Waals surface area contributed by atoms with Crippen molar-refractivity contribution in [3.63, 3.8) is 0 Å². The number of nitrogens with one attached hydrogen (secondary N) is 1. The highest BCUT2D eigenvalue weighted by atomic mass is 32.1. The first-order valence-corrected chi connectivity index (χ1v) is 10.7. The topological polar surface area (TPSA) is 43.5 Å². The van der Waals surface area contributed by atoms with Crippen LogP contribution in [0.4, 0.5) is 0 Å².